The molecule has 132 valence electrons. The molecule has 0 fully saturated rings. The zero-order valence-corrected chi connectivity index (χ0v) is 17.1. The summed E-state index contributed by atoms with van der Waals surface area (Å²) in [6, 6.07) is 3.66. The monoisotopic (exact) mass is 386 g/mol. The molecule has 2 rings (SSSR count). The van der Waals surface area contributed by atoms with E-state index in [9.17, 15) is 0 Å². The molecule has 1 atom stereocenters. The summed E-state index contributed by atoms with van der Waals surface area (Å²) < 4.78 is 12.2. The summed E-state index contributed by atoms with van der Waals surface area (Å²) in [5.74, 6) is 0. The van der Waals surface area contributed by atoms with Crippen molar-refractivity contribution in [2.75, 3.05) is 12.3 Å². The fraction of sp³-hybridized carbons (Fsp3) is 0.533. The van der Waals surface area contributed by atoms with Gasteiger partial charge in [-0.3, -0.25) is 4.98 Å². The van der Waals surface area contributed by atoms with Crippen molar-refractivity contribution >= 4 is 36.4 Å². The van der Waals surface area contributed by atoms with Crippen molar-refractivity contribution in [2.24, 2.45) is 0 Å². The van der Waals surface area contributed by atoms with Gasteiger partial charge >= 0.3 is 0 Å². The third-order valence-corrected chi connectivity index (χ3v) is 9.48. The van der Waals surface area contributed by atoms with Gasteiger partial charge in [-0.25, -0.2) is 0 Å². The molecule has 24 heavy (non-hydrogen) atoms. The first-order chi connectivity index (χ1) is 11.1. The minimum atomic E-state index is -2.01. The van der Waals surface area contributed by atoms with E-state index in [4.69, 9.17) is 26.5 Å². The molecule has 0 unspecified atom stereocenters. The summed E-state index contributed by atoms with van der Waals surface area (Å²) in [5, 5.41) is 9.08. The molecule has 0 bridgehead atoms. The van der Waals surface area contributed by atoms with Gasteiger partial charge in [0, 0.05) is 6.20 Å². The SMILES string of the molecule is CC(C)(C)[Si](C)(C)O[C@@H](COc1nnc(N)s1)c1ccc(Cl)cn1. The molecule has 0 amide bonds. The second-order valence-corrected chi connectivity index (χ2v) is 13.1. The Balaban J connectivity index is 2.19. The van der Waals surface area contributed by atoms with Crippen molar-refractivity contribution in [1.29, 1.82) is 0 Å². The minimum Gasteiger partial charge on any atom is -0.466 e. The number of nitrogens with two attached hydrogens (primary N) is 1. The van der Waals surface area contributed by atoms with Gasteiger partial charge in [0.1, 0.15) is 12.7 Å². The van der Waals surface area contributed by atoms with E-state index < -0.39 is 8.32 Å². The highest BCUT2D eigenvalue weighted by Gasteiger charge is 2.40. The quantitative estimate of drug-likeness (QED) is 0.744. The molecule has 0 aliphatic rings. The van der Waals surface area contributed by atoms with E-state index >= 15 is 0 Å². The predicted octanol–water partition coefficient (Wildman–Crippen LogP) is 4.31. The second kappa shape index (κ2) is 7.34. The molecule has 0 spiro atoms. The molecule has 0 radical (unpaired) electrons. The van der Waals surface area contributed by atoms with Gasteiger partial charge in [-0.1, -0.05) is 37.5 Å². The lowest BCUT2D eigenvalue weighted by Gasteiger charge is -2.38. The first-order valence-corrected chi connectivity index (χ1v) is 11.7. The van der Waals surface area contributed by atoms with Gasteiger partial charge in [-0.05, 0) is 41.6 Å². The lowest BCUT2D eigenvalue weighted by Crippen LogP contribution is -2.43. The molecule has 0 aliphatic heterocycles. The van der Waals surface area contributed by atoms with Crippen molar-refractivity contribution in [2.45, 2.75) is 45.0 Å². The number of nitrogens with zero attached hydrogens (tertiary/aromatic N) is 3. The number of ether oxygens (including phenoxy) is 1. The molecule has 2 heterocycles. The number of aromatic nitrogens is 3. The molecule has 2 N–H and O–H groups in total. The molecule has 6 nitrogen and oxygen atoms in total. The van der Waals surface area contributed by atoms with Gasteiger partial charge in [-0.15, -0.1) is 5.10 Å². The van der Waals surface area contributed by atoms with E-state index in [0.29, 0.717) is 15.3 Å². The Bertz CT molecular complexity index is 673. The van der Waals surface area contributed by atoms with Crippen LogP contribution in [0.2, 0.25) is 23.2 Å². The topological polar surface area (TPSA) is 83.2 Å². The molecule has 2 aromatic rings. The second-order valence-electron chi connectivity index (χ2n) is 6.99. The van der Waals surface area contributed by atoms with Crippen molar-refractivity contribution in [3.05, 3.63) is 29.0 Å². The number of rotatable bonds is 6. The number of hydrogen-bond acceptors (Lipinski definition) is 7. The Kier molecular flexibility index (Phi) is 5.85. The highest BCUT2D eigenvalue weighted by atomic mass is 35.5. The summed E-state index contributed by atoms with van der Waals surface area (Å²) in [7, 11) is -2.01. The normalized spacial score (nSPS) is 13.8. The average Bonchev–Trinajstić information content (AvgIpc) is 2.89. The summed E-state index contributed by atoms with van der Waals surface area (Å²) in [6.45, 7) is 11.3. The molecule has 9 heteroatoms. The number of hydrogen-bond donors (Lipinski definition) is 1. The van der Waals surface area contributed by atoms with E-state index in [1.165, 1.54) is 11.3 Å². The summed E-state index contributed by atoms with van der Waals surface area (Å²) in [4.78, 5) is 4.39. The minimum absolute atomic E-state index is 0.0742. The maximum atomic E-state index is 6.49. The molecular formula is C15H23ClN4O2SSi. The van der Waals surface area contributed by atoms with Gasteiger partial charge < -0.3 is 14.9 Å². The van der Waals surface area contributed by atoms with Crippen molar-refractivity contribution in [3.8, 4) is 5.19 Å². The van der Waals surface area contributed by atoms with Crippen molar-refractivity contribution in [3.63, 3.8) is 0 Å². The van der Waals surface area contributed by atoms with Crippen LogP contribution in [0, 0.1) is 0 Å². The van der Waals surface area contributed by atoms with Gasteiger partial charge in [0.05, 0.1) is 10.7 Å². The third-order valence-electron chi connectivity index (χ3n) is 4.10. The van der Waals surface area contributed by atoms with E-state index in [1.54, 1.807) is 12.3 Å². The maximum absolute atomic E-state index is 6.49. The van der Waals surface area contributed by atoms with E-state index in [1.807, 2.05) is 6.07 Å². The molecule has 0 aromatic carbocycles. The van der Waals surface area contributed by atoms with Crippen LogP contribution in [-0.4, -0.2) is 30.1 Å². The van der Waals surface area contributed by atoms with Gasteiger partial charge in [0.25, 0.3) is 5.19 Å². The van der Waals surface area contributed by atoms with Crippen LogP contribution in [0.5, 0.6) is 5.19 Å². The number of anilines is 1. The number of nitrogen functional groups attached to an aromatic ring is 1. The first kappa shape index (κ1) is 19.1. The van der Waals surface area contributed by atoms with Crippen LogP contribution in [-0.2, 0) is 4.43 Å². The Morgan fingerprint density at radius 1 is 1.29 bits per heavy atom. The zero-order chi connectivity index (χ0) is 18.0. The maximum Gasteiger partial charge on any atom is 0.295 e. The highest BCUT2D eigenvalue weighted by molar-refractivity contribution is 7.16. The standard InChI is InChI=1S/C15H23ClN4O2SSi/c1-15(2,3)24(4,5)22-12(11-7-6-10(16)8-18-11)9-21-14-20-19-13(17)23-14/h6-8,12H,9H2,1-5H3,(H2,17,19)/t12-/m0/s1. The number of pyridine rings is 1. The van der Waals surface area contributed by atoms with Crippen LogP contribution >= 0.6 is 22.9 Å². The molecular weight excluding hydrogens is 364 g/mol. The zero-order valence-electron chi connectivity index (χ0n) is 14.5. The van der Waals surface area contributed by atoms with E-state index in [2.05, 4.69) is 49.0 Å². The summed E-state index contributed by atoms with van der Waals surface area (Å²) in [5.41, 5.74) is 6.36. The molecule has 0 saturated carbocycles. The Morgan fingerprint density at radius 3 is 2.50 bits per heavy atom. The Morgan fingerprint density at radius 2 is 2.00 bits per heavy atom. The third kappa shape index (κ3) is 4.89. The molecule has 0 aliphatic carbocycles. The molecule has 2 aromatic heterocycles. The number of halogens is 1. The van der Waals surface area contributed by atoms with Crippen LogP contribution in [0.4, 0.5) is 5.13 Å². The fourth-order valence-electron chi connectivity index (χ4n) is 1.72. The van der Waals surface area contributed by atoms with Gasteiger partial charge in [0.2, 0.25) is 5.13 Å². The first-order valence-electron chi connectivity index (χ1n) is 7.59. The Labute approximate surface area is 152 Å². The van der Waals surface area contributed by atoms with Gasteiger partial charge in [0.15, 0.2) is 8.32 Å². The largest absolute Gasteiger partial charge is 0.466 e. The highest BCUT2D eigenvalue weighted by Crippen LogP contribution is 2.39. The van der Waals surface area contributed by atoms with Gasteiger partial charge in [-0.2, -0.15) is 0 Å². The van der Waals surface area contributed by atoms with Crippen LogP contribution < -0.4 is 10.5 Å². The summed E-state index contributed by atoms with van der Waals surface area (Å²) >= 11 is 7.14. The van der Waals surface area contributed by atoms with Crippen molar-refractivity contribution < 1.29 is 9.16 Å². The van der Waals surface area contributed by atoms with Crippen molar-refractivity contribution in [1.82, 2.24) is 15.2 Å². The van der Waals surface area contributed by atoms with Crippen LogP contribution in [0.3, 0.4) is 0 Å². The van der Waals surface area contributed by atoms with Crippen LogP contribution in [0.25, 0.3) is 0 Å². The van der Waals surface area contributed by atoms with E-state index in [-0.39, 0.29) is 17.7 Å². The average molecular weight is 387 g/mol. The fourth-order valence-corrected chi connectivity index (χ4v) is 3.55. The Hall–Kier alpha value is -1.22. The lowest BCUT2D eigenvalue weighted by molar-refractivity contribution is 0.111. The predicted molar refractivity (Wildman–Crippen MR) is 100 cm³/mol. The van der Waals surface area contributed by atoms with E-state index in [0.717, 1.165) is 5.69 Å². The lowest BCUT2D eigenvalue weighted by atomic mass is 10.2. The van der Waals surface area contributed by atoms with Crippen LogP contribution in [0.15, 0.2) is 18.3 Å². The molecule has 0 saturated heterocycles. The van der Waals surface area contributed by atoms with Crippen LogP contribution in [0.1, 0.15) is 32.6 Å². The smallest absolute Gasteiger partial charge is 0.295 e. The summed E-state index contributed by atoms with van der Waals surface area (Å²) in [6.07, 6.45) is 1.30.